The minimum absolute atomic E-state index is 0.0257. The molecule has 1 aromatic rings. The monoisotopic (exact) mass is 376 g/mol. The highest BCUT2D eigenvalue weighted by Gasteiger charge is 2.57. The maximum atomic E-state index is 12.9. The van der Waals surface area contributed by atoms with E-state index in [0.29, 0.717) is 0 Å². The van der Waals surface area contributed by atoms with Crippen molar-refractivity contribution in [1.82, 2.24) is 9.62 Å². The second kappa shape index (κ2) is 6.14. The van der Waals surface area contributed by atoms with Crippen molar-refractivity contribution in [2.45, 2.75) is 75.7 Å². The fourth-order valence-corrected chi connectivity index (χ4v) is 6.28. The Labute approximate surface area is 158 Å². The smallest absolute Gasteiger partial charge is 0.407 e. The Bertz CT molecular complexity index is 703. The number of hydrogen-bond acceptors (Lipinski definition) is 3. The molecule has 5 nitrogen and oxygen atoms in total. The molecule has 1 aliphatic carbocycles. The summed E-state index contributed by atoms with van der Waals surface area (Å²) in [5, 5.41) is 9.60. The molecule has 1 spiro atoms. The fraction of sp³-hybridized carbons (Fsp3) is 0.650. The molecule has 0 saturated carbocycles. The largest absolute Gasteiger partial charge is 0.598 e. The predicted molar refractivity (Wildman–Crippen MR) is 102 cm³/mol. The van der Waals surface area contributed by atoms with E-state index in [0.717, 1.165) is 32.1 Å². The fourth-order valence-electron chi connectivity index (χ4n) is 5.34. The second-order valence-corrected chi connectivity index (χ2v) is 11.2. The van der Waals surface area contributed by atoms with Crippen LogP contribution in [-0.4, -0.2) is 37.5 Å². The van der Waals surface area contributed by atoms with Gasteiger partial charge >= 0.3 is 6.09 Å². The topological polar surface area (TPSA) is 75.6 Å². The standard InChI is InChI=1S/C20H28N2O3S/c1-19(2,3)26(25)21-17-16-7-5-4-6-13(16)10-20(17)11-14-8-9-15(12-20)22(14)18(23)24/h4-7,14-15,17,21H,8-12H2,1-3H3,(H,23,24)/t14?,15?,17-,20?,26-/m1/s1. The molecule has 4 rings (SSSR count). The van der Waals surface area contributed by atoms with Gasteiger partial charge in [0.1, 0.15) is 4.75 Å². The Hall–Kier alpha value is -1.24. The van der Waals surface area contributed by atoms with Crippen molar-refractivity contribution in [1.29, 1.82) is 0 Å². The van der Waals surface area contributed by atoms with E-state index in [-0.39, 0.29) is 28.3 Å². The molecule has 6 heteroatoms. The van der Waals surface area contributed by atoms with Crippen LogP contribution in [0.2, 0.25) is 0 Å². The highest BCUT2D eigenvalue weighted by Crippen LogP contribution is 2.57. The zero-order valence-electron chi connectivity index (χ0n) is 15.7. The lowest BCUT2D eigenvalue weighted by Crippen LogP contribution is -2.54. The average molecular weight is 377 g/mol. The number of hydrogen-bond donors (Lipinski definition) is 2. The van der Waals surface area contributed by atoms with Gasteiger partial charge in [-0.15, -0.1) is 4.72 Å². The van der Waals surface area contributed by atoms with E-state index in [1.165, 1.54) is 11.1 Å². The molecular weight excluding hydrogens is 348 g/mol. The van der Waals surface area contributed by atoms with Crippen LogP contribution in [0.15, 0.2) is 24.3 Å². The van der Waals surface area contributed by atoms with Crippen molar-refractivity contribution < 1.29 is 14.5 Å². The molecular formula is C20H28N2O3S. The van der Waals surface area contributed by atoms with Gasteiger partial charge in [-0.2, -0.15) is 0 Å². The van der Waals surface area contributed by atoms with E-state index in [1.54, 1.807) is 4.90 Å². The summed E-state index contributed by atoms with van der Waals surface area (Å²) in [6.07, 6.45) is 3.76. The van der Waals surface area contributed by atoms with Crippen molar-refractivity contribution in [3.8, 4) is 0 Å². The Morgan fingerprint density at radius 3 is 2.46 bits per heavy atom. The van der Waals surface area contributed by atoms with Crippen LogP contribution in [0.25, 0.3) is 0 Å². The number of nitrogens with one attached hydrogen (secondary N) is 1. The van der Waals surface area contributed by atoms with Crippen LogP contribution in [0.5, 0.6) is 0 Å². The Kier molecular flexibility index (Phi) is 4.29. The van der Waals surface area contributed by atoms with Gasteiger partial charge in [-0.3, -0.25) is 0 Å². The first-order chi connectivity index (χ1) is 12.2. The maximum absolute atomic E-state index is 12.9. The molecule has 2 bridgehead atoms. The number of carbonyl (C=O) groups is 1. The molecule has 2 unspecified atom stereocenters. The van der Waals surface area contributed by atoms with Crippen LogP contribution in [0.4, 0.5) is 4.79 Å². The van der Waals surface area contributed by atoms with E-state index < -0.39 is 17.5 Å². The van der Waals surface area contributed by atoms with Gasteiger partial charge in [0.05, 0.1) is 6.04 Å². The third-order valence-corrected chi connectivity index (χ3v) is 7.99. The number of carboxylic acid groups (broad SMARTS) is 1. The van der Waals surface area contributed by atoms with E-state index in [1.807, 2.05) is 26.8 Å². The molecule has 2 heterocycles. The zero-order valence-corrected chi connectivity index (χ0v) is 16.5. The molecule has 142 valence electrons. The quantitative estimate of drug-likeness (QED) is 0.773. The highest BCUT2D eigenvalue weighted by atomic mass is 32.2. The molecule has 0 aromatic heterocycles. The second-order valence-electron chi connectivity index (χ2n) is 9.15. The van der Waals surface area contributed by atoms with Gasteiger partial charge in [0.15, 0.2) is 0 Å². The number of fused-ring (bicyclic) bond motifs is 3. The first-order valence-corrected chi connectivity index (χ1v) is 10.6. The summed E-state index contributed by atoms with van der Waals surface area (Å²) < 4.78 is 16.0. The van der Waals surface area contributed by atoms with Crippen LogP contribution in [-0.2, 0) is 17.8 Å². The van der Waals surface area contributed by atoms with Crippen LogP contribution in [0, 0.1) is 5.41 Å². The summed E-state index contributed by atoms with van der Waals surface area (Å²) in [7, 11) is 0. The lowest BCUT2D eigenvalue weighted by molar-refractivity contribution is 0.0315. The summed E-state index contributed by atoms with van der Waals surface area (Å²) in [5.74, 6) is 0. The van der Waals surface area contributed by atoms with Crippen molar-refractivity contribution in [2.24, 2.45) is 5.41 Å². The number of rotatable bonds is 2. The summed E-state index contributed by atoms with van der Waals surface area (Å²) >= 11 is -1.16. The molecule has 26 heavy (non-hydrogen) atoms. The first kappa shape index (κ1) is 18.1. The van der Waals surface area contributed by atoms with E-state index in [9.17, 15) is 14.5 Å². The van der Waals surface area contributed by atoms with Crippen molar-refractivity contribution >= 4 is 17.5 Å². The number of nitrogens with zero attached hydrogens (tertiary/aromatic N) is 1. The predicted octanol–water partition coefficient (Wildman–Crippen LogP) is 3.63. The lowest BCUT2D eigenvalue weighted by Gasteiger charge is -2.47. The minimum Gasteiger partial charge on any atom is -0.598 e. The normalized spacial score (nSPS) is 34.2. The van der Waals surface area contributed by atoms with Gasteiger partial charge < -0.3 is 14.6 Å². The van der Waals surface area contributed by atoms with Crippen LogP contribution < -0.4 is 4.72 Å². The Morgan fingerprint density at radius 1 is 1.27 bits per heavy atom. The third-order valence-electron chi connectivity index (χ3n) is 6.43. The summed E-state index contributed by atoms with van der Waals surface area (Å²) in [6, 6.07) is 8.64. The van der Waals surface area contributed by atoms with Gasteiger partial charge in [0.25, 0.3) is 0 Å². The third kappa shape index (κ3) is 2.83. The number of benzene rings is 1. The molecule has 2 aliphatic heterocycles. The van der Waals surface area contributed by atoms with Gasteiger partial charge in [0.2, 0.25) is 0 Å². The summed E-state index contributed by atoms with van der Waals surface area (Å²) in [4.78, 5) is 13.4. The zero-order chi connectivity index (χ0) is 18.7. The number of piperidine rings is 1. The van der Waals surface area contributed by atoms with Crippen LogP contribution in [0.3, 0.4) is 0 Å². The van der Waals surface area contributed by atoms with Gasteiger partial charge in [0, 0.05) is 28.9 Å². The Balaban J connectivity index is 1.68. The molecule has 3 aliphatic rings. The minimum atomic E-state index is -1.16. The van der Waals surface area contributed by atoms with E-state index >= 15 is 0 Å². The SMILES string of the molecule is CC(C)(C)[S@@+]([O-])N[C@@H]1c2ccccc2CC12CC1CCC(C2)N1C(=O)O. The molecule has 4 atom stereocenters. The van der Waals surface area contributed by atoms with E-state index in [4.69, 9.17) is 0 Å². The summed E-state index contributed by atoms with van der Waals surface area (Å²) in [6.45, 7) is 5.96. The average Bonchev–Trinajstić information content (AvgIpc) is 3.00. The van der Waals surface area contributed by atoms with Crippen molar-refractivity contribution in [2.75, 3.05) is 0 Å². The van der Waals surface area contributed by atoms with Crippen molar-refractivity contribution in [3.05, 3.63) is 35.4 Å². The molecule has 0 radical (unpaired) electrons. The maximum Gasteiger partial charge on any atom is 0.407 e. The van der Waals surface area contributed by atoms with Gasteiger partial charge in [-0.25, -0.2) is 4.79 Å². The van der Waals surface area contributed by atoms with Crippen LogP contribution >= 0.6 is 0 Å². The molecule has 1 aromatic carbocycles. The van der Waals surface area contributed by atoms with Gasteiger partial charge in [-0.05, 0) is 64.0 Å². The Morgan fingerprint density at radius 2 is 1.88 bits per heavy atom. The first-order valence-electron chi connectivity index (χ1n) is 9.48. The van der Waals surface area contributed by atoms with E-state index in [2.05, 4.69) is 22.9 Å². The van der Waals surface area contributed by atoms with Crippen molar-refractivity contribution in [3.63, 3.8) is 0 Å². The van der Waals surface area contributed by atoms with Gasteiger partial charge in [-0.1, -0.05) is 24.3 Å². The van der Waals surface area contributed by atoms with Crippen LogP contribution in [0.1, 0.15) is 63.6 Å². The summed E-state index contributed by atoms with van der Waals surface area (Å²) in [5.41, 5.74) is 2.52. The molecule has 2 N–H and O–H groups in total. The molecule has 2 saturated heterocycles. The highest BCUT2D eigenvalue weighted by molar-refractivity contribution is 7.90. The number of amides is 1. The molecule has 2 fully saturated rings. The molecule has 1 amide bonds. The lowest BCUT2D eigenvalue weighted by atomic mass is 9.70.